The first-order chi connectivity index (χ1) is 12.4. The largest absolute Gasteiger partial charge is 0.383 e. The van der Waals surface area contributed by atoms with E-state index < -0.39 is 11.2 Å². The molecule has 0 aliphatic rings. The van der Waals surface area contributed by atoms with Crippen LogP contribution in [0.25, 0.3) is 11.1 Å². The van der Waals surface area contributed by atoms with Gasteiger partial charge in [-0.3, -0.25) is 4.79 Å². The van der Waals surface area contributed by atoms with E-state index in [2.05, 4.69) is 4.98 Å². The molecule has 0 aliphatic carbocycles. The summed E-state index contributed by atoms with van der Waals surface area (Å²) in [5.41, 5.74) is 7.09. The maximum atomic E-state index is 12.1. The van der Waals surface area contributed by atoms with Crippen molar-refractivity contribution in [2.45, 2.75) is 10.3 Å². The summed E-state index contributed by atoms with van der Waals surface area (Å²) in [5.74, 6) is -0.478. The Morgan fingerprint density at radius 3 is 2.27 bits per heavy atom. The number of hydrogen-bond acceptors (Lipinski definition) is 7. The fourth-order valence-corrected chi connectivity index (χ4v) is 3.26. The Morgan fingerprint density at radius 2 is 1.77 bits per heavy atom. The molecule has 0 fully saturated rings. The van der Waals surface area contributed by atoms with Crippen LogP contribution in [-0.4, -0.2) is 35.1 Å². The molecule has 0 saturated carbocycles. The summed E-state index contributed by atoms with van der Waals surface area (Å²) in [6, 6.07) is 14.8. The molecule has 0 aliphatic heterocycles. The number of aromatic nitrogens is 1. The summed E-state index contributed by atoms with van der Waals surface area (Å²) in [6.45, 7) is 0. The normalized spacial score (nSPS) is 10.9. The number of benzene rings is 1. The molecule has 1 unspecified atom stereocenters. The zero-order valence-electron chi connectivity index (χ0n) is 14.1. The number of thioether (sulfide) groups is 1. The molecule has 0 bridgehead atoms. The van der Waals surface area contributed by atoms with Gasteiger partial charge in [-0.05, 0) is 5.56 Å². The highest BCUT2D eigenvalue weighted by atomic mass is 32.2. The van der Waals surface area contributed by atoms with Gasteiger partial charge < -0.3 is 10.6 Å². The molecule has 128 valence electrons. The molecular weight excluding hydrogens is 348 g/mol. The molecule has 1 aromatic carbocycles. The molecule has 1 aromatic heterocycles. The number of nitrogens with zero attached hydrogens (tertiary/aromatic N) is 5. The molecular formula is C18H14N6OS. The van der Waals surface area contributed by atoms with E-state index in [4.69, 9.17) is 5.73 Å². The molecule has 26 heavy (non-hydrogen) atoms. The van der Waals surface area contributed by atoms with E-state index >= 15 is 0 Å². The van der Waals surface area contributed by atoms with E-state index in [1.807, 2.05) is 24.3 Å². The number of hydrogen-bond donors (Lipinski definition) is 1. The molecule has 0 radical (unpaired) electrons. The zero-order chi connectivity index (χ0) is 19.3. The Balaban J connectivity index is 2.69. The van der Waals surface area contributed by atoms with Crippen LogP contribution < -0.4 is 5.73 Å². The number of carbonyl (C=O) groups is 1. The van der Waals surface area contributed by atoms with Crippen molar-refractivity contribution in [1.29, 1.82) is 15.8 Å². The van der Waals surface area contributed by atoms with Gasteiger partial charge in [0.15, 0.2) is 5.25 Å². The highest BCUT2D eigenvalue weighted by Gasteiger charge is 2.26. The molecule has 2 N–H and O–H groups in total. The second-order valence-electron chi connectivity index (χ2n) is 5.38. The van der Waals surface area contributed by atoms with Gasteiger partial charge in [-0.15, -0.1) is 0 Å². The summed E-state index contributed by atoms with van der Waals surface area (Å²) in [5, 5.41) is 27.5. The molecule has 0 saturated heterocycles. The van der Waals surface area contributed by atoms with Gasteiger partial charge in [0.2, 0.25) is 5.91 Å². The summed E-state index contributed by atoms with van der Waals surface area (Å²) >= 11 is 0.843. The van der Waals surface area contributed by atoms with Crippen molar-refractivity contribution >= 4 is 23.5 Å². The van der Waals surface area contributed by atoms with Gasteiger partial charge in [0.25, 0.3) is 0 Å². The third-order valence-electron chi connectivity index (χ3n) is 3.49. The number of carbonyl (C=O) groups excluding carboxylic acids is 1. The lowest BCUT2D eigenvalue weighted by Crippen LogP contribution is -2.30. The van der Waals surface area contributed by atoms with Gasteiger partial charge >= 0.3 is 0 Å². The first-order valence-corrected chi connectivity index (χ1v) is 8.29. The van der Waals surface area contributed by atoms with Crippen molar-refractivity contribution in [3.8, 4) is 29.3 Å². The van der Waals surface area contributed by atoms with Crippen LogP contribution in [0.15, 0.2) is 35.4 Å². The highest BCUT2D eigenvalue weighted by Crippen LogP contribution is 2.36. The molecule has 1 atom stereocenters. The average molecular weight is 362 g/mol. The second kappa shape index (κ2) is 8.02. The highest BCUT2D eigenvalue weighted by molar-refractivity contribution is 8.00. The Hall–Kier alpha value is -3.54. The monoisotopic (exact) mass is 362 g/mol. The first kappa shape index (κ1) is 18.8. The van der Waals surface area contributed by atoms with Crippen LogP contribution in [0, 0.1) is 34.0 Å². The number of rotatable bonds is 4. The van der Waals surface area contributed by atoms with Crippen molar-refractivity contribution in [3.05, 3.63) is 41.5 Å². The van der Waals surface area contributed by atoms with Crippen LogP contribution in [0.4, 0.5) is 5.82 Å². The molecule has 2 rings (SSSR count). The van der Waals surface area contributed by atoms with E-state index in [-0.39, 0.29) is 22.0 Å². The molecule has 0 spiro atoms. The molecule has 7 nitrogen and oxygen atoms in total. The van der Waals surface area contributed by atoms with Crippen LogP contribution in [0.2, 0.25) is 0 Å². The quantitative estimate of drug-likeness (QED) is 0.824. The maximum absolute atomic E-state index is 12.1. The van der Waals surface area contributed by atoms with E-state index in [1.165, 1.54) is 19.0 Å². The Kier molecular flexibility index (Phi) is 5.80. The Labute approximate surface area is 155 Å². The molecule has 1 heterocycles. The van der Waals surface area contributed by atoms with Crippen LogP contribution >= 0.6 is 11.8 Å². The maximum Gasteiger partial charge on any atom is 0.250 e. The summed E-state index contributed by atoms with van der Waals surface area (Å²) in [7, 11) is 3.07. The lowest BCUT2D eigenvalue weighted by Gasteiger charge is -2.16. The number of amides is 1. The minimum absolute atomic E-state index is 0.0538. The minimum Gasteiger partial charge on any atom is -0.383 e. The van der Waals surface area contributed by atoms with Crippen molar-refractivity contribution in [2.24, 2.45) is 0 Å². The third-order valence-corrected chi connectivity index (χ3v) is 4.55. The minimum atomic E-state index is -1.08. The molecule has 8 heteroatoms. The van der Waals surface area contributed by atoms with Crippen molar-refractivity contribution in [1.82, 2.24) is 9.88 Å². The van der Waals surface area contributed by atoms with Gasteiger partial charge in [0.05, 0.1) is 11.6 Å². The zero-order valence-corrected chi connectivity index (χ0v) is 14.9. The number of pyridine rings is 1. The summed E-state index contributed by atoms with van der Waals surface area (Å²) in [6.07, 6.45) is 0. The third kappa shape index (κ3) is 3.59. The molecule has 1 amide bonds. The summed E-state index contributed by atoms with van der Waals surface area (Å²) in [4.78, 5) is 17.5. The summed E-state index contributed by atoms with van der Waals surface area (Å²) < 4.78 is 0. The van der Waals surface area contributed by atoms with E-state index in [0.29, 0.717) is 11.1 Å². The topological polar surface area (TPSA) is 131 Å². The fourth-order valence-electron chi connectivity index (χ4n) is 2.25. The van der Waals surface area contributed by atoms with Crippen LogP contribution in [0.5, 0.6) is 0 Å². The van der Waals surface area contributed by atoms with Crippen LogP contribution in [0.1, 0.15) is 11.1 Å². The number of nitrogens with two attached hydrogens (primary N) is 1. The van der Waals surface area contributed by atoms with E-state index in [0.717, 1.165) is 11.8 Å². The van der Waals surface area contributed by atoms with Crippen molar-refractivity contribution in [3.63, 3.8) is 0 Å². The molecule has 2 aromatic rings. The van der Waals surface area contributed by atoms with Gasteiger partial charge in [-0.25, -0.2) is 4.98 Å². The van der Waals surface area contributed by atoms with Crippen LogP contribution in [-0.2, 0) is 4.79 Å². The fraction of sp³-hybridized carbons (Fsp3) is 0.167. The second-order valence-corrected chi connectivity index (χ2v) is 6.47. The standard InChI is InChI=1S/C18H14N6OS/c1-24(2)18(25)14(10-21)26-17-13(9-20)15(11-6-4-3-5-7-11)12(8-19)16(22)23-17/h3-7,14H,1-2H3,(H2,22,23). The predicted molar refractivity (Wildman–Crippen MR) is 97.5 cm³/mol. The number of anilines is 1. The number of nitrogen functional groups attached to an aromatic ring is 1. The van der Waals surface area contributed by atoms with Gasteiger partial charge in [0, 0.05) is 19.7 Å². The first-order valence-electron chi connectivity index (χ1n) is 7.41. The van der Waals surface area contributed by atoms with Gasteiger partial charge in [-0.2, -0.15) is 15.8 Å². The van der Waals surface area contributed by atoms with E-state index in [9.17, 15) is 20.6 Å². The van der Waals surface area contributed by atoms with Gasteiger partial charge in [-0.1, -0.05) is 42.1 Å². The lowest BCUT2D eigenvalue weighted by atomic mass is 9.97. The predicted octanol–water partition coefficient (Wildman–Crippen LogP) is 2.15. The lowest BCUT2D eigenvalue weighted by molar-refractivity contribution is -0.127. The Morgan fingerprint density at radius 1 is 1.15 bits per heavy atom. The average Bonchev–Trinajstić information content (AvgIpc) is 2.65. The van der Waals surface area contributed by atoms with Crippen molar-refractivity contribution < 1.29 is 4.79 Å². The number of nitriles is 3. The van der Waals surface area contributed by atoms with Crippen LogP contribution in [0.3, 0.4) is 0 Å². The van der Waals surface area contributed by atoms with E-state index in [1.54, 1.807) is 24.3 Å². The Bertz CT molecular complexity index is 966. The smallest absolute Gasteiger partial charge is 0.250 e. The SMILES string of the molecule is CN(C)C(=O)C(C#N)Sc1nc(N)c(C#N)c(-c2ccccc2)c1C#N. The van der Waals surface area contributed by atoms with Gasteiger partial charge in [0.1, 0.15) is 28.5 Å². The van der Waals surface area contributed by atoms with Crippen molar-refractivity contribution in [2.75, 3.05) is 19.8 Å².